The molecule has 4 aromatic rings. The van der Waals surface area contributed by atoms with Gasteiger partial charge in [-0.1, -0.05) is 24.3 Å². The lowest BCUT2D eigenvalue weighted by Crippen LogP contribution is -2.16. The van der Waals surface area contributed by atoms with Crippen molar-refractivity contribution in [2.24, 2.45) is 0 Å². The van der Waals surface area contributed by atoms with Crippen LogP contribution in [0.1, 0.15) is 41.2 Å². The zero-order valence-electron chi connectivity index (χ0n) is 21.5. The van der Waals surface area contributed by atoms with Gasteiger partial charge < -0.3 is 24.8 Å². The highest BCUT2D eigenvalue weighted by atomic mass is 32.1. The number of hydrogen-bond donors (Lipinski definition) is 2. The van der Waals surface area contributed by atoms with Crippen molar-refractivity contribution in [1.82, 2.24) is 15.3 Å². The molecule has 2 N–H and O–H groups in total. The quantitative estimate of drug-likeness (QED) is 0.313. The van der Waals surface area contributed by atoms with Gasteiger partial charge in [-0.15, -0.1) is 11.3 Å². The molecule has 0 radical (unpaired) electrons. The number of hydrogen-bond acceptors (Lipinski definition) is 8. The third-order valence-electron chi connectivity index (χ3n) is 6.99. The number of aromatic nitrogens is 2. The summed E-state index contributed by atoms with van der Waals surface area (Å²) < 4.78 is 17.9. The molecule has 2 aromatic carbocycles. The monoisotopic (exact) mass is 516 g/mol. The van der Waals surface area contributed by atoms with Gasteiger partial charge in [0, 0.05) is 35.2 Å². The Labute approximate surface area is 221 Å². The second kappa shape index (κ2) is 10.3. The summed E-state index contributed by atoms with van der Waals surface area (Å²) in [6.45, 7) is 6.95. The molecule has 6 rings (SSSR count). The van der Waals surface area contributed by atoms with Crippen molar-refractivity contribution < 1.29 is 14.2 Å². The first-order chi connectivity index (χ1) is 18.1. The maximum Gasteiger partial charge on any atom is 0.166 e. The van der Waals surface area contributed by atoms with Gasteiger partial charge in [0.15, 0.2) is 11.5 Å². The standard InChI is InChI=1S/C29H32N4O3S/c1-17(26-12-20(16-37-26)22-7-5-4-6-19(22)14-30-3)31-29-24-13-25(36-21-8-10-34-15-21)28-23(9-11-35-28)27(24)32-18(2)33-29/h4-7,12-13,16-17,21,30H,8-11,14-15H2,1-3H3,(H,31,32,33)/t17-,21+/m1/s1. The molecular formula is C29H32N4O3S. The minimum Gasteiger partial charge on any atom is -0.489 e. The third-order valence-corrected chi connectivity index (χ3v) is 8.11. The van der Waals surface area contributed by atoms with Gasteiger partial charge in [-0.25, -0.2) is 9.97 Å². The highest BCUT2D eigenvalue weighted by molar-refractivity contribution is 7.10. The summed E-state index contributed by atoms with van der Waals surface area (Å²) in [5.74, 6) is 3.14. The first-order valence-electron chi connectivity index (χ1n) is 12.9. The molecule has 2 aromatic heterocycles. The van der Waals surface area contributed by atoms with E-state index >= 15 is 0 Å². The van der Waals surface area contributed by atoms with Crippen molar-refractivity contribution in [1.29, 1.82) is 0 Å². The highest BCUT2D eigenvalue weighted by Crippen LogP contribution is 2.43. The van der Waals surface area contributed by atoms with Crippen LogP contribution in [0.15, 0.2) is 41.8 Å². The van der Waals surface area contributed by atoms with Crippen LogP contribution in [0.3, 0.4) is 0 Å². The van der Waals surface area contributed by atoms with E-state index in [-0.39, 0.29) is 12.1 Å². The van der Waals surface area contributed by atoms with Gasteiger partial charge in [-0.3, -0.25) is 0 Å². The molecule has 8 heteroatoms. The summed E-state index contributed by atoms with van der Waals surface area (Å²) in [5, 5.41) is 10.2. The third kappa shape index (κ3) is 4.77. The number of fused-ring (bicyclic) bond motifs is 3. The maximum atomic E-state index is 6.35. The number of aryl methyl sites for hydroxylation is 1. The highest BCUT2D eigenvalue weighted by Gasteiger charge is 2.27. The smallest absolute Gasteiger partial charge is 0.166 e. The Hall–Kier alpha value is -3.20. The summed E-state index contributed by atoms with van der Waals surface area (Å²) in [5.41, 5.74) is 5.85. The number of thiophene rings is 1. The van der Waals surface area contributed by atoms with Crippen LogP contribution in [-0.4, -0.2) is 42.9 Å². The fourth-order valence-corrected chi connectivity index (χ4v) is 6.09. The molecule has 2 aliphatic heterocycles. The predicted octanol–water partition coefficient (Wildman–Crippen LogP) is 5.66. The predicted molar refractivity (Wildman–Crippen MR) is 148 cm³/mol. The van der Waals surface area contributed by atoms with E-state index in [1.165, 1.54) is 21.6 Å². The Morgan fingerprint density at radius 2 is 2.08 bits per heavy atom. The topological polar surface area (TPSA) is 77.5 Å². The average molecular weight is 517 g/mol. The molecule has 1 fully saturated rings. The van der Waals surface area contributed by atoms with Gasteiger partial charge in [0.2, 0.25) is 0 Å². The molecule has 0 aliphatic carbocycles. The van der Waals surface area contributed by atoms with Crippen molar-refractivity contribution in [3.05, 3.63) is 63.6 Å². The van der Waals surface area contributed by atoms with Crippen molar-refractivity contribution in [2.75, 3.05) is 32.2 Å². The number of rotatable bonds is 8. The Balaban J connectivity index is 1.33. The van der Waals surface area contributed by atoms with Crippen molar-refractivity contribution in [3.63, 3.8) is 0 Å². The minimum atomic E-state index is 0.0442. The van der Waals surface area contributed by atoms with Crippen LogP contribution >= 0.6 is 11.3 Å². The molecule has 192 valence electrons. The number of benzene rings is 2. The first kappa shape index (κ1) is 24.2. The van der Waals surface area contributed by atoms with Crippen molar-refractivity contribution in [3.8, 4) is 22.6 Å². The normalized spacial score (nSPS) is 17.5. The van der Waals surface area contributed by atoms with Gasteiger partial charge in [0.1, 0.15) is 17.7 Å². The zero-order chi connectivity index (χ0) is 25.4. The van der Waals surface area contributed by atoms with Gasteiger partial charge >= 0.3 is 0 Å². The summed E-state index contributed by atoms with van der Waals surface area (Å²) in [6, 6.07) is 13.0. The maximum absolute atomic E-state index is 6.35. The number of nitrogens with zero attached hydrogens (tertiary/aromatic N) is 2. The number of nitrogens with one attached hydrogen (secondary N) is 2. The lowest BCUT2D eigenvalue weighted by molar-refractivity contribution is 0.138. The molecular weight excluding hydrogens is 484 g/mol. The molecule has 1 saturated heterocycles. The van der Waals surface area contributed by atoms with Crippen molar-refractivity contribution >= 4 is 28.1 Å². The zero-order valence-corrected chi connectivity index (χ0v) is 22.3. The van der Waals surface area contributed by atoms with E-state index in [0.717, 1.165) is 65.6 Å². The molecule has 0 bridgehead atoms. The molecule has 7 nitrogen and oxygen atoms in total. The van der Waals surface area contributed by atoms with E-state index in [2.05, 4.69) is 53.3 Å². The van der Waals surface area contributed by atoms with E-state index in [1.54, 1.807) is 11.3 Å². The SMILES string of the molecule is CNCc1ccccc1-c1csc([C@@H](C)Nc2nc(C)nc3c4c(c(O[C@H]5CCOC5)cc23)OCC4)c1. The van der Waals surface area contributed by atoms with E-state index < -0.39 is 0 Å². The van der Waals surface area contributed by atoms with E-state index in [4.69, 9.17) is 24.2 Å². The lowest BCUT2D eigenvalue weighted by Gasteiger charge is -2.19. The van der Waals surface area contributed by atoms with Gasteiger partial charge in [0.05, 0.1) is 31.4 Å². The molecule has 0 unspecified atom stereocenters. The Morgan fingerprint density at radius 1 is 1.19 bits per heavy atom. The molecule has 0 amide bonds. The van der Waals surface area contributed by atoms with Crippen LogP contribution in [0.2, 0.25) is 0 Å². The summed E-state index contributed by atoms with van der Waals surface area (Å²) in [7, 11) is 1.98. The van der Waals surface area contributed by atoms with Crippen LogP contribution in [0.4, 0.5) is 5.82 Å². The average Bonchev–Trinajstić information content (AvgIpc) is 3.67. The van der Waals surface area contributed by atoms with Crippen molar-refractivity contribution in [2.45, 2.75) is 45.4 Å². The molecule has 0 saturated carbocycles. The summed E-state index contributed by atoms with van der Waals surface area (Å²) in [6.07, 6.45) is 1.75. The summed E-state index contributed by atoms with van der Waals surface area (Å²) >= 11 is 1.77. The van der Waals surface area contributed by atoms with E-state index in [1.807, 2.05) is 20.0 Å². The Bertz CT molecular complexity index is 1430. The van der Waals surface area contributed by atoms with Gasteiger partial charge in [-0.05, 0) is 55.1 Å². The Morgan fingerprint density at radius 3 is 2.92 bits per heavy atom. The molecule has 2 aliphatic rings. The minimum absolute atomic E-state index is 0.0442. The first-order valence-corrected chi connectivity index (χ1v) is 13.8. The Kier molecular flexibility index (Phi) is 6.71. The van der Waals surface area contributed by atoms with Gasteiger partial charge in [0.25, 0.3) is 0 Å². The summed E-state index contributed by atoms with van der Waals surface area (Å²) in [4.78, 5) is 10.9. The molecule has 2 atom stereocenters. The van der Waals surface area contributed by atoms with Crippen LogP contribution in [0.25, 0.3) is 22.0 Å². The molecule has 4 heterocycles. The number of ether oxygens (including phenoxy) is 3. The van der Waals surface area contributed by atoms with E-state index in [0.29, 0.717) is 13.2 Å². The van der Waals surface area contributed by atoms with Gasteiger partial charge in [-0.2, -0.15) is 0 Å². The second-order valence-corrected chi connectivity index (χ2v) is 10.6. The van der Waals surface area contributed by atoms with Crippen LogP contribution in [0.5, 0.6) is 11.5 Å². The van der Waals surface area contributed by atoms with Crippen LogP contribution in [-0.2, 0) is 17.7 Å². The fraction of sp³-hybridized carbons (Fsp3) is 0.379. The van der Waals surface area contributed by atoms with E-state index in [9.17, 15) is 0 Å². The fourth-order valence-electron chi connectivity index (χ4n) is 5.17. The van der Waals surface area contributed by atoms with Crippen LogP contribution < -0.4 is 20.1 Å². The molecule has 0 spiro atoms. The largest absolute Gasteiger partial charge is 0.489 e. The number of anilines is 1. The molecule has 37 heavy (non-hydrogen) atoms. The second-order valence-electron chi connectivity index (χ2n) is 9.69. The lowest BCUT2D eigenvalue weighted by atomic mass is 10.0. The van der Waals surface area contributed by atoms with Crippen LogP contribution in [0, 0.1) is 6.92 Å².